The van der Waals surface area contributed by atoms with Crippen LogP contribution in [0.1, 0.15) is 61.3 Å². The summed E-state index contributed by atoms with van der Waals surface area (Å²) in [5, 5.41) is 26.9. The minimum atomic E-state index is -0.904. The molecule has 0 aliphatic carbocycles. The Balaban J connectivity index is 1.30. The molecule has 2 saturated heterocycles. The second kappa shape index (κ2) is 15.4. The molecular weight excluding hydrogens is 610 g/mol. The Hall–Kier alpha value is -3.51. The van der Waals surface area contributed by atoms with Gasteiger partial charge in [-0.3, -0.25) is 4.79 Å². The number of aliphatic hydroxyl groups is 2. The number of ether oxygens (including phenoxy) is 3. The maximum atomic E-state index is 12.4. The van der Waals surface area contributed by atoms with Crippen LogP contribution < -0.4 is 10.6 Å². The van der Waals surface area contributed by atoms with Crippen LogP contribution in [-0.4, -0.2) is 66.0 Å². The molecule has 2 aliphatic rings. The van der Waals surface area contributed by atoms with Crippen molar-refractivity contribution in [3.8, 4) is 0 Å². The summed E-state index contributed by atoms with van der Waals surface area (Å²) in [5.74, 6) is -0.528. The molecule has 10 nitrogen and oxygen atoms in total. The van der Waals surface area contributed by atoms with Gasteiger partial charge in [0, 0.05) is 41.8 Å². The molecule has 0 radical (unpaired) electrons. The van der Waals surface area contributed by atoms with E-state index in [2.05, 4.69) is 22.5 Å². The lowest BCUT2D eigenvalue weighted by atomic mass is 9.84. The fourth-order valence-corrected chi connectivity index (χ4v) is 6.17. The van der Waals surface area contributed by atoms with Crippen molar-refractivity contribution in [3.63, 3.8) is 0 Å². The molecule has 3 aromatic rings. The SMILES string of the molecule is CCOC(=O)CNC(=O)Nc1cccc([C@@H]2O[C@H](CN3CCC(O)(c4ccc(Cl)cc4)CC3)[C@H](C)[C@H](c3ccc(CO)cc3)O2)c1. The molecule has 0 spiro atoms. The number of piperidine rings is 1. The number of hydrogen-bond acceptors (Lipinski definition) is 8. The average Bonchev–Trinajstić information content (AvgIpc) is 3.06. The summed E-state index contributed by atoms with van der Waals surface area (Å²) >= 11 is 6.07. The van der Waals surface area contributed by atoms with Gasteiger partial charge >= 0.3 is 12.0 Å². The monoisotopic (exact) mass is 651 g/mol. The van der Waals surface area contributed by atoms with Gasteiger partial charge in [-0.05, 0) is 60.7 Å². The molecule has 2 fully saturated rings. The Kier molecular flexibility index (Phi) is 11.3. The maximum absolute atomic E-state index is 12.4. The molecule has 0 saturated carbocycles. The summed E-state index contributed by atoms with van der Waals surface area (Å²) < 4.78 is 18.1. The van der Waals surface area contributed by atoms with Crippen LogP contribution in [0.5, 0.6) is 0 Å². The number of rotatable bonds is 10. The number of aliphatic hydroxyl groups excluding tert-OH is 1. The van der Waals surface area contributed by atoms with Gasteiger partial charge in [0.05, 0.1) is 31.0 Å². The van der Waals surface area contributed by atoms with Gasteiger partial charge < -0.3 is 40.0 Å². The molecule has 5 rings (SSSR count). The minimum absolute atomic E-state index is 0.0109. The first-order valence-electron chi connectivity index (χ1n) is 15.7. The topological polar surface area (TPSA) is 130 Å². The average molecular weight is 652 g/mol. The van der Waals surface area contributed by atoms with Crippen molar-refractivity contribution in [1.29, 1.82) is 0 Å². The van der Waals surface area contributed by atoms with E-state index < -0.39 is 23.9 Å². The van der Waals surface area contributed by atoms with Crippen LogP contribution in [0.3, 0.4) is 0 Å². The number of nitrogens with zero attached hydrogens (tertiary/aromatic N) is 1. The molecule has 2 heterocycles. The Labute approximate surface area is 274 Å². The van der Waals surface area contributed by atoms with E-state index in [-0.39, 0.29) is 37.9 Å². The summed E-state index contributed by atoms with van der Waals surface area (Å²) in [6.07, 6.45) is -0.0329. The fourth-order valence-electron chi connectivity index (χ4n) is 6.04. The third kappa shape index (κ3) is 8.44. The molecule has 46 heavy (non-hydrogen) atoms. The molecule has 4 N–H and O–H groups in total. The van der Waals surface area contributed by atoms with Crippen LogP contribution in [0.25, 0.3) is 0 Å². The van der Waals surface area contributed by atoms with E-state index in [1.54, 1.807) is 19.1 Å². The van der Waals surface area contributed by atoms with Gasteiger partial charge in [-0.15, -0.1) is 0 Å². The zero-order chi connectivity index (χ0) is 32.7. The Morgan fingerprint density at radius 3 is 2.41 bits per heavy atom. The van der Waals surface area contributed by atoms with Gasteiger partial charge in [-0.2, -0.15) is 0 Å². The third-order valence-electron chi connectivity index (χ3n) is 8.74. The number of carbonyl (C=O) groups excluding carboxylic acids is 2. The van der Waals surface area contributed by atoms with Gasteiger partial charge in [0.15, 0.2) is 6.29 Å². The van der Waals surface area contributed by atoms with Gasteiger partial charge in [-0.25, -0.2) is 4.79 Å². The summed E-state index contributed by atoms with van der Waals surface area (Å²) in [7, 11) is 0. The van der Waals surface area contributed by atoms with Crippen molar-refractivity contribution in [2.45, 2.75) is 57.4 Å². The van der Waals surface area contributed by atoms with Gasteiger partial charge in [0.2, 0.25) is 0 Å². The highest BCUT2D eigenvalue weighted by Crippen LogP contribution is 2.43. The number of hydrogen-bond donors (Lipinski definition) is 4. The molecule has 4 atom stereocenters. The molecule has 0 aromatic heterocycles. The number of urea groups is 1. The minimum Gasteiger partial charge on any atom is -0.465 e. The highest BCUT2D eigenvalue weighted by molar-refractivity contribution is 6.30. The second-order valence-electron chi connectivity index (χ2n) is 11.9. The lowest BCUT2D eigenvalue weighted by molar-refractivity contribution is -0.277. The number of likely N-dealkylation sites (tertiary alicyclic amines) is 1. The predicted octanol–water partition coefficient (Wildman–Crippen LogP) is 5.29. The summed E-state index contributed by atoms with van der Waals surface area (Å²) in [6, 6.07) is 21.9. The Bertz CT molecular complexity index is 1460. The van der Waals surface area contributed by atoms with E-state index in [9.17, 15) is 19.8 Å². The standard InChI is InChI=1S/C35H42ClN3O7/c1-3-44-31(41)20-37-34(42)38-29-6-4-5-26(19-29)33-45-30(23(2)32(46-33)25-9-7-24(22-40)8-10-25)21-39-17-15-35(43,16-18-39)27-11-13-28(36)14-12-27/h4-14,19,23,30,32-33,40,43H,3,15-18,20-22H2,1-2H3,(H2,37,38,42)/t23-,30+,32+,33+/m0/s1. The lowest BCUT2D eigenvalue weighted by Crippen LogP contribution is -2.49. The summed E-state index contributed by atoms with van der Waals surface area (Å²) in [6.45, 7) is 5.83. The van der Waals surface area contributed by atoms with Crippen molar-refractivity contribution < 1.29 is 34.0 Å². The number of halogens is 1. The summed E-state index contributed by atoms with van der Waals surface area (Å²) in [5.41, 5.74) is 3.01. The smallest absolute Gasteiger partial charge is 0.325 e. The number of amides is 2. The van der Waals surface area contributed by atoms with Gasteiger partial charge in [0.25, 0.3) is 0 Å². The van der Waals surface area contributed by atoms with Gasteiger partial charge in [-0.1, -0.05) is 67.1 Å². The van der Waals surface area contributed by atoms with Crippen LogP contribution in [-0.2, 0) is 31.2 Å². The first kappa shape index (κ1) is 33.8. The molecular formula is C35H42ClN3O7. The molecule has 2 aliphatic heterocycles. The van der Waals surface area contributed by atoms with E-state index in [0.29, 0.717) is 43.2 Å². The normalized spacial score (nSPS) is 23.0. The van der Waals surface area contributed by atoms with Crippen molar-refractivity contribution in [2.24, 2.45) is 5.92 Å². The molecule has 11 heteroatoms. The Morgan fingerprint density at radius 1 is 1.02 bits per heavy atom. The highest BCUT2D eigenvalue weighted by atomic mass is 35.5. The van der Waals surface area contributed by atoms with Crippen LogP contribution in [0.15, 0.2) is 72.8 Å². The van der Waals surface area contributed by atoms with Crippen LogP contribution >= 0.6 is 11.6 Å². The van der Waals surface area contributed by atoms with Crippen molar-refractivity contribution in [2.75, 3.05) is 38.1 Å². The highest BCUT2D eigenvalue weighted by Gasteiger charge is 2.41. The number of anilines is 1. The molecule has 3 aromatic carbocycles. The number of nitrogens with one attached hydrogen (secondary N) is 2. The van der Waals surface area contributed by atoms with Crippen molar-refractivity contribution in [1.82, 2.24) is 10.2 Å². The van der Waals surface area contributed by atoms with Crippen molar-refractivity contribution in [3.05, 3.63) is 100 Å². The van der Waals surface area contributed by atoms with Crippen molar-refractivity contribution >= 4 is 29.3 Å². The molecule has 2 amide bonds. The predicted molar refractivity (Wildman–Crippen MR) is 174 cm³/mol. The quantitative estimate of drug-likeness (QED) is 0.218. The van der Waals surface area contributed by atoms with E-state index >= 15 is 0 Å². The molecule has 246 valence electrons. The van der Waals surface area contributed by atoms with E-state index in [4.69, 9.17) is 25.8 Å². The Morgan fingerprint density at radius 2 is 1.74 bits per heavy atom. The largest absolute Gasteiger partial charge is 0.465 e. The molecule has 0 bridgehead atoms. The second-order valence-corrected chi connectivity index (χ2v) is 12.3. The van der Waals surface area contributed by atoms with E-state index in [1.807, 2.05) is 60.7 Å². The summed E-state index contributed by atoms with van der Waals surface area (Å²) in [4.78, 5) is 26.4. The zero-order valence-corrected chi connectivity index (χ0v) is 26.9. The zero-order valence-electron chi connectivity index (χ0n) is 26.2. The number of benzene rings is 3. The van der Waals surface area contributed by atoms with Crippen LogP contribution in [0.2, 0.25) is 5.02 Å². The number of esters is 1. The molecule has 0 unspecified atom stereocenters. The van der Waals surface area contributed by atoms with Crippen LogP contribution in [0, 0.1) is 5.92 Å². The third-order valence-corrected chi connectivity index (χ3v) is 8.99. The van der Waals surface area contributed by atoms with E-state index in [1.165, 1.54) is 0 Å². The van der Waals surface area contributed by atoms with E-state index in [0.717, 1.165) is 22.3 Å². The fraction of sp³-hybridized carbons (Fsp3) is 0.429. The number of carbonyl (C=O) groups is 2. The first-order chi connectivity index (χ1) is 22.2. The first-order valence-corrected chi connectivity index (χ1v) is 16.1. The van der Waals surface area contributed by atoms with Gasteiger partial charge in [0.1, 0.15) is 6.54 Å². The maximum Gasteiger partial charge on any atom is 0.325 e. The lowest BCUT2D eigenvalue weighted by Gasteiger charge is -2.45. The van der Waals surface area contributed by atoms with Crippen LogP contribution in [0.4, 0.5) is 10.5 Å².